The van der Waals surface area contributed by atoms with Gasteiger partial charge in [0.15, 0.2) is 0 Å². The van der Waals surface area contributed by atoms with Crippen molar-refractivity contribution in [1.82, 2.24) is 19.9 Å². The third kappa shape index (κ3) is 4.17. The van der Waals surface area contributed by atoms with E-state index < -0.39 is 0 Å². The molecule has 0 saturated heterocycles. The Labute approximate surface area is 215 Å². The van der Waals surface area contributed by atoms with Gasteiger partial charge in [0.1, 0.15) is 0 Å². The summed E-state index contributed by atoms with van der Waals surface area (Å²) in [6.07, 6.45) is 3.22. The number of aromatic amines is 2. The highest BCUT2D eigenvalue weighted by atomic mass is 79.9. The normalized spacial score (nSPS) is 13.0. The van der Waals surface area contributed by atoms with Crippen molar-refractivity contribution in [2.24, 2.45) is 0 Å². The summed E-state index contributed by atoms with van der Waals surface area (Å²) in [4.78, 5) is 37.7. The number of anilines is 3. The van der Waals surface area contributed by atoms with Gasteiger partial charge in [0, 0.05) is 10.2 Å². The number of benzene rings is 2. The van der Waals surface area contributed by atoms with Crippen molar-refractivity contribution in [3.05, 3.63) is 83.1 Å². The van der Waals surface area contributed by atoms with Crippen LogP contribution in [0.4, 0.5) is 17.6 Å². The third-order valence-electron chi connectivity index (χ3n) is 6.65. The largest absolute Gasteiger partial charge is 0.398 e. The molecule has 0 aliphatic heterocycles. The van der Waals surface area contributed by atoms with Crippen molar-refractivity contribution >= 4 is 33.5 Å². The lowest BCUT2D eigenvalue weighted by molar-refractivity contribution is 0.872. The molecule has 184 valence electrons. The monoisotopic (exact) mass is 547 g/mol. The van der Waals surface area contributed by atoms with Crippen molar-refractivity contribution in [2.75, 3.05) is 17.2 Å². The smallest absolute Gasteiger partial charge is 0.260 e. The van der Waals surface area contributed by atoms with Crippen LogP contribution in [0.1, 0.15) is 33.6 Å². The molecule has 0 radical (unpaired) electrons. The molecule has 8 N–H and O–H groups in total. The number of aryl methyl sites for hydroxylation is 5. The zero-order chi connectivity index (χ0) is 25.7. The molecule has 0 spiro atoms. The molecule has 0 fully saturated rings. The topological polar surface area (TPSA) is 170 Å². The van der Waals surface area contributed by atoms with Crippen molar-refractivity contribution in [1.29, 1.82) is 0 Å². The lowest BCUT2D eigenvalue weighted by atomic mass is 9.85. The molecule has 36 heavy (non-hydrogen) atoms. The fraction of sp³-hybridized carbons (Fsp3) is 0.231. The molecule has 0 atom stereocenters. The van der Waals surface area contributed by atoms with Crippen molar-refractivity contribution in [3.8, 4) is 22.3 Å². The molecule has 0 bridgehead atoms. The van der Waals surface area contributed by atoms with Gasteiger partial charge in [-0.25, -0.2) is 9.97 Å². The molecular formula is C26H26BrN7O2. The van der Waals surface area contributed by atoms with E-state index in [1.54, 1.807) is 0 Å². The minimum absolute atomic E-state index is 0.136. The van der Waals surface area contributed by atoms with Gasteiger partial charge in [-0.3, -0.25) is 19.6 Å². The summed E-state index contributed by atoms with van der Waals surface area (Å²) in [5, 5.41) is 0. The third-order valence-corrected chi connectivity index (χ3v) is 7.33. The average molecular weight is 548 g/mol. The summed E-state index contributed by atoms with van der Waals surface area (Å²) >= 11 is 3.38. The number of hydrogen-bond acceptors (Lipinski definition) is 7. The maximum absolute atomic E-state index is 12.1. The van der Waals surface area contributed by atoms with E-state index in [9.17, 15) is 9.59 Å². The maximum atomic E-state index is 12.1. The summed E-state index contributed by atoms with van der Waals surface area (Å²) < 4.78 is 0.783. The van der Waals surface area contributed by atoms with E-state index in [2.05, 4.69) is 54.9 Å². The van der Waals surface area contributed by atoms with Crippen LogP contribution in [-0.2, 0) is 25.7 Å². The molecule has 6 rings (SSSR count). The Morgan fingerprint density at radius 3 is 2.00 bits per heavy atom. The van der Waals surface area contributed by atoms with E-state index in [0.29, 0.717) is 23.2 Å². The number of fused-ring (bicyclic) bond motifs is 6. The van der Waals surface area contributed by atoms with Crippen LogP contribution in [0.15, 0.2) is 38.3 Å². The first-order chi connectivity index (χ1) is 17.1. The number of H-pyrrole nitrogens is 2. The number of nitrogens with zero attached hydrogens (tertiary/aromatic N) is 2. The fourth-order valence-corrected chi connectivity index (χ4v) is 5.46. The second kappa shape index (κ2) is 8.94. The van der Waals surface area contributed by atoms with Crippen LogP contribution in [0.5, 0.6) is 0 Å². The molecule has 2 aliphatic carbocycles. The van der Waals surface area contributed by atoms with E-state index in [1.165, 1.54) is 11.1 Å². The number of hydrogen-bond donors (Lipinski definition) is 5. The average Bonchev–Trinajstić information content (AvgIpc) is 2.79. The predicted octanol–water partition coefficient (Wildman–Crippen LogP) is 3.20. The molecule has 4 aromatic rings. The summed E-state index contributed by atoms with van der Waals surface area (Å²) in [5.74, 6) is 0.364. The van der Waals surface area contributed by atoms with E-state index in [1.807, 2.05) is 19.1 Å². The molecule has 2 heterocycles. The van der Waals surface area contributed by atoms with Gasteiger partial charge < -0.3 is 17.2 Å². The molecule has 9 nitrogen and oxygen atoms in total. The fourth-order valence-electron chi connectivity index (χ4n) is 5.12. The van der Waals surface area contributed by atoms with Gasteiger partial charge >= 0.3 is 0 Å². The second-order valence-electron chi connectivity index (χ2n) is 9.18. The van der Waals surface area contributed by atoms with Crippen molar-refractivity contribution < 1.29 is 0 Å². The minimum Gasteiger partial charge on any atom is -0.398 e. The molecular weight excluding hydrogens is 522 g/mol. The highest BCUT2D eigenvalue weighted by molar-refractivity contribution is 9.10. The minimum atomic E-state index is -0.199. The van der Waals surface area contributed by atoms with Crippen molar-refractivity contribution in [2.45, 2.75) is 39.5 Å². The quantitative estimate of drug-likeness (QED) is 0.210. The Morgan fingerprint density at radius 1 is 0.778 bits per heavy atom. The SMILES string of the molecule is Cc1cc(C)c2c(c1)-c1c(nc(N)[nH]c1=O)CC2.Nc1nc2c(c(=O)[nH]1)-c1cc(Br)c(N)cc1CC2. The van der Waals surface area contributed by atoms with Crippen LogP contribution >= 0.6 is 15.9 Å². The Hall–Kier alpha value is -3.92. The van der Waals surface area contributed by atoms with Gasteiger partial charge in [0.05, 0.1) is 22.5 Å². The summed E-state index contributed by atoms with van der Waals surface area (Å²) in [7, 11) is 0. The van der Waals surface area contributed by atoms with Crippen LogP contribution in [0.2, 0.25) is 0 Å². The first-order valence-corrected chi connectivity index (χ1v) is 12.4. The first-order valence-electron chi connectivity index (χ1n) is 11.6. The highest BCUT2D eigenvalue weighted by Crippen LogP contribution is 2.35. The number of rotatable bonds is 0. The van der Waals surface area contributed by atoms with E-state index in [-0.39, 0.29) is 23.0 Å². The van der Waals surface area contributed by atoms with Gasteiger partial charge in [0.25, 0.3) is 11.1 Å². The number of nitrogens with one attached hydrogen (secondary N) is 2. The van der Waals surface area contributed by atoms with E-state index in [0.717, 1.165) is 57.4 Å². The number of nitrogen functional groups attached to an aromatic ring is 3. The molecule has 10 heteroatoms. The van der Waals surface area contributed by atoms with E-state index in [4.69, 9.17) is 17.2 Å². The summed E-state index contributed by atoms with van der Waals surface area (Å²) in [6, 6.07) is 7.99. The molecule has 2 aromatic heterocycles. The Kier molecular flexibility index (Phi) is 5.91. The number of nitrogens with two attached hydrogens (primary N) is 3. The van der Waals surface area contributed by atoms with Gasteiger partial charge in [0.2, 0.25) is 11.9 Å². The van der Waals surface area contributed by atoms with Crippen LogP contribution in [0.25, 0.3) is 22.3 Å². The predicted molar refractivity (Wildman–Crippen MR) is 146 cm³/mol. The summed E-state index contributed by atoms with van der Waals surface area (Å²) in [5.41, 5.74) is 26.8. The van der Waals surface area contributed by atoms with Gasteiger partial charge in [-0.1, -0.05) is 17.7 Å². The molecule has 2 aliphatic rings. The standard InChI is InChI=1S/C14H15N3O.C12H11BrN4O/c1-7-5-8(2)9-3-4-11-12(10(9)6-7)13(18)17-14(15)16-11;13-7-4-6-5(3-8(7)14)1-2-9-10(6)11(18)17-12(15)16-9/h5-6H,3-4H2,1-2H3,(H3,15,16,17,18);3-4H,1-2,14H2,(H3,15,16,17,18). The zero-order valence-electron chi connectivity index (χ0n) is 20.0. The Balaban J connectivity index is 0.000000148. The summed E-state index contributed by atoms with van der Waals surface area (Å²) in [6.45, 7) is 4.14. The molecule has 0 saturated carbocycles. The Bertz CT molecular complexity index is 1660. The highest BCUT2D eigenvalue weighted by Gasteiger charge is 2.23. The van der Waals surface area contributed by atoms with Crippen LogP contribution in [0, 0.1) is 13.8 Å². The zero-order valence-corrected chi connectivity index (χ0v) is 21.5. The van der Waals surface area contributed by atoms with Crippen LogP contribution in [0.3, 0.4) is 0 Å². The van der Waals surface area contributed by atoms with E-state index >= 15 is 0 Å². The van der Waals surface area contributed by atoms with Crippen LogP contribution in [-0.4, -0.2) is 19.9 Å². The maximum Gasteiger partial charge on any atom is 0.260 e. The second-order valence-corrected chi connectivity index (χ2v) is 10.0. The van der Waals surface area contributed by atoms with Crippen LogP contribution < -0.4 is 28.3 Å². The first kappa shape index (κ1) is 23.8. The Morgan fingerprint density at radius 2 is 1.36 bits per heavy atom. The van der Waals surface area contributed by atoms with Gasteiger partial charge in [-0.05, 0) is 95.4 Å². The number of aromatic nitrogens is 4. The van der Waals surface area contributed by atoms with Gasteiger partial charge in [-0.2, -0.15) is 0 Å². The molecule has 0 amide bonds. The lowest BCUT2D eigenvalue weighted by Crippen LogP contribution is -2.21. The van der Waals surface area contributed by atoms with Gasteiger partial charge in [-0.15, -0.1) is 0 Å². The van der Waals surface area contributed by atoms with Crippen molar-refractivity contribution in [3.63, 3.8) is 0 Å². The number of halogens is 1. The lowest BCUT2D eigenvalue weighted by Gasteiger charge is -2.20. The molecule has 0 unspecified atom stereocenters. The molecule has 2 aromatic carbocycles.